The van der Waals surface area contributed by atoms with Gasteiger partial charge in [-0.1, -0.05) is 12.1 Å². The molecule has 0 saturated heterocycles. The lowest BCUT2D eigenvalue weighted by Crippen LogP contribution is -2.49. The Bertz CT molecular complexity index is 801. The molecule has 0 atom stereocenters. The standard InChI is InChI=1S/C12H14F4O5S2/c1-8-4-5-9(2)10(6-8)23(19,20)21-7-11(13,14)12(15,16)22(3,17)18/h4-6H,7H2,1-3H3. The molecule has 0 unspecified atom stereocenters. The molecular weight excluding hydrogens is 364 g/mol. The molecule has 0 aliphatic carbocycles. The second-order valence-corrected chi connectivity index (χ2v) is 8.62. The topological polar surface area (TPSA) is 77.5 Å². The van der Waals surface area contributed by atoms with Crippen molar-refractivity contribution >= 4 is 20.0 Å². The van der Waals surface area contributed by atoms with Gasteiger partial charge in [0.15, 0.2) is 0 Å². The number of hydrogen-bond acceptors (Lipinski definition) is 5. The van der Waals surface area contributed by atoms with Crippen LogP contribution in [-0.4, -0.2) is 40.9 Å². The molecule has 0 spiro atoms. The highest BCUT2D eigenvalue weighted by Crippen LogP contribution is 2.39. The van der Waals surface area contributed by atoms with E-state index in [4.69, 9.17) is 0 Å². The SMILES string of the molecule is Cc1ccc(C)c(S(=O)(=O)OCC(F)(F)C(F)(F)S(C)(=O)=O)c1. The van der Waals surface area contributed by atoms with E-state index < -0.39 is 42.6 Å². The van der Waals surface area contributed by atoms with Gasteiger partial charge in [-0.2, -0.15) is 26.0 Å². The van der Waals surface area contributed by atoms with Crippen LogP contribution in [0.3, 0.4) is 0 Å². The van der Waals surface area contributed by atoms with Crippen LogP contribution in [0.5, 0.6) is 0 Å². The normalized spacial score (nSPS) is 14.0. The molecular formula is C12H14F4O5S2. The average molecular weight is 378 g/mol. The summed E-state index contributed by atoms with van der Waals surface area (Å²) in [5.41, 5.74) is 0.639. The summed E-state index contributed by atoms with van der Waals surface area (Å²) in [4.78, 5) is -0.462. The van der Waals surface area contributed by atoms with E-state index in [9.17, 15) is 34.4 Å². The molecule has 11 heteroatoms. The lowest BCUT2D eigenvalue weighted by Gasteiger charge is -2.24. The summed E-state index contributed by atoms with van der Waals surface area (Å²) in [5.74, 6) is -5.22. The second kappa shape index (κ2) is 6.02. The van der Waals surface area contributed by atoms with Crippen molar-refractivity contribution in [3.63, 3.8) is 0 Å². The lowest BCUT2D eigenvalue weighted by atomic mass is 10.2. The summed E-state index contributed by atoms with van der Waals surface area (Å²) in [6.45, 7) is 0.590. The number of rotatable bonds is 6. The highest BCUT2D eigenvalue weighted by atomic mass is 32.2. The first-order valence-corrected chi connectivity index (χ1v) is 9.34. The fraction of sp³-hybridized carbons (Fsp3) is 0.500. The fourth-order valence-corrected chi connectivity index (χ4v) is 3.37. The van der Waals surface area contributed by atoms with Crippen LogP contribution in [-0.2, 0) is 24.1 Å². The van der Waals surface area contributed by atoms with Crippen LogP contribution in [0.4, 0.5) is 17.6 Å². The molecule has 0 heterocycles. The van der Waals surface area contributed by atoms with Gasteiger partial charge >= 0.3 is 11.2 Å². The van der Waals surface area contributed by atoms with E-state index >= 15 is 0 Å². The molecule has 1 aromatic carbocycles. The molecule has 23 heavy (non-hydrogen) atoms. The third-order valence-electron chi connectivity index (χ3n) is 2.90. The van der Waals surface area contributed by atoms with Crippen LogP contribution >= 0.6 is 0 Å². The Balaban J connectivity index is 3.11. The summed E-state index contributed by atoms with van der Waals surface area (Å²) < 4.78 is 102. The maximum atomic E-state index is 13.4. The Morgan fingerprint density at radius 2 is 1.57 bits per heavy atom. The van der Waals surface area contributed by atoms with E-state index in [-0.39, 0.29) is 11.8 Å². The molecule has 0 amide bonds. The molecule has 0 N–H and O–H groups in total. The highest BCUT2D eigenvalue weighted by Gasteiger charge is 2.64. The van der Waals surface area contributed by atoms with E-state index in [1.807, 2.05) is 0 Å². The summed E-state index contributed by atoms with van der Waals surface area (Å²) in [5, 5.41) is -5.46. The fourth-order valence-electron chi connectivity index (χ4n) is 1.55. The van der Waals surface area contributed by atoms with E-state index in [1.165, 1.54) is 19.9 Å². The van der Waals surface area contributed by atoms with Crippen molar-refractivity contribution in [3.05, 3.63) is 29.3 Å². The number of halogens is 4. The van der Waals surface area contributed by atoms with Crippen molar-refractivity contribution in [2.24, 2.45) is 0 Å². The summed E-state index contributed by atoms with van der Waals surface area (Å²) in [7, 11) is -10.2. The van der Waals surface area contributed by atoms with Crippen LogP contribution in [0, 0.1) is 13.8 Å². The molecule has 5 nitrogen and oxygen atoms in total. The molecule has 0 bridgehead atoms. The van der Waals surface area contributed by atoms with E-state index in [1.54, 1.807) is 6.07 Å². The molecule has 0 aliphatic rings. The monoisotopic (exact) mass is 378 g/mol. The van der Waals surface area contributed by atoms with Gasteiger partial charge in [-0.25, -0.2) is 8.42 Å². The van der Waals surface area contributed by atoms with Gasteiger partial charge in [0.25, 0.3) is 10.1 Å². The predicted octanol–water partition coefficient (Wildman–Crippen LogP) is 2.28. The quantitative estimate of drug-likeness (QED) is 0.561. The molecule has 132 valence electrons. The Hall–Kier alpha value is -1.20. The number of sulfone groups is 1. The Kier molecular flexibility index (Phi) is 5.20. The summed E-state index contributed by atoms with van der Waals surface area (Å²) in [6, 6.07) is 4.06. The van der Waals surface area contributed by atoms with Gasteiger partial charge < -0.3 is 0 Å². The van der Waals surface area contributed by atoms with Crippen molar-refractivity contribution in [1.82, 2.24) is 0 Å². The first-order valence-electron chi connectivity index (χ1n) is 6.04. The third kappa shape index (κ3) is 4.01. The van der Waals surface area contributed by atoms with Crippen molar-refractivity contribution in [2.75, 3.05) is 12.9 Å². The maximum Gasteiger partial charge on any atom is 0.409 e. The minimum Gasteiger partial charge on any atom is -0.260 e. The van der Waals surface area contributed by atoms with Gasteiger partial charge in [-0.3, -0.25) is 4.18 Å². The summed E-state index contributed by atoms with van der Waals surface area (Å²) in [6.07, 6.45) is -0.0832. The van der Waals surface area contributed by atoms with Crippen LogP contribution in [0.2, 0.25) is 0 Å². The molecule has 1 rings (SSSR count). The molecule has 1 aromatic rings. The second-order valence-electron chi connectivity index (χ2n) is 4.98. The molecule has 0 saturated carbocycles. The van der Waals surface area contributed by atoms with Gasteiger partial charge in [0.2, 0.25) is 9.84 Å². The minimum atomic E-state index is -5.47. The molecule has 0 aliphatic heterocycles. The molecule has 0 radical (unpaired) electrons. The van der Waals surface area contributed by atoms with E-state index in [0.29, 0.717) is 5.56 Å². The van der Waals surface area contributed by atoms with Gasteiger partial charge in [0.1, 0.15) is 6.61 Å². The highest BCUT2D eigenvalue weighted by molar-refractivity contribution is 7.91. The largest absolute Gasteiger partial charge is 0.409 e. The van der Waals surface area contributed by atoms with E-state index in [2.05, 4.69) is 4.18 Å². The van der Waals surface area contributed by atoms with Gasteiger partial charge in [-0.15, -0.1) is 0 Å². The zero-order valence-electron chi connectivity index (χ0n) is 12.3. The van der Waals surface area contributed by atoms with Gasteiger partial charge in [0, 0.05) is 6.26 Å². The Labute approximate surface area is 131 Å². The smallest absolute Gasteiger partial charge is 0.260 e. The minimum absolute atomic E-state index is 0.0832. The third-order valence-corrected chi connectivity index (χ3v) is 5.54. The average Bonchev–Trinajstić information content (AvgIpc) is 2.38. The number of alkyl halides is 4. The van der Waals surface area contributed by atoms with Crippen LogP contribution in [0.1, 0.15) is 11.1 Å². The van der Waals surface area contributed by atoms with Gasteiger partial charge in [-0.05, 0) is 31.0 Å². The first-order chi connectivity index (χ1) is 10.1. The van der Waals surface area contributed by atoms with Crippen molar-refractivity contribution < 1.29 is 38.6 Å². The van der Waals surface area contributed by atoms with Crippen LogP contribution in [0.25, 0.3) is 0 Å². The predicted molar refractivity (Wildman–Crippen MR) is 73.8 cm³/mol. The van der Waals surface area contributed by atoms with Gasteiger partial charge in [0.05, 0.1) is 4.90 Å². The van der Waals surface area contributed by atoms with Crippen LogP contribution < -0.4 is 0 Å². The Morgan fingerprint density at radius 1 is 1.04 bits per heavy atom. The van der Waals surface area contributed by atoms with E-state index in [0.717, 1.165) is 6.07 Å². The maximum absolute atomic E-state index is 13.4. The van der Waals surface area contributed by atoms with Crippen molar-refractivity contribution in [3.8, 4) is 0 Å². The zero-order valence-corrected chi connectivity index (χ0v) is 13.9. The molecule has 0 fully saturated rings. The molecule has 0 aromatic heterocycles. The van der Waals surface area contributed by atoms with Crippen LogP contribution in [0.15, 0.2) is 23.1 Å². The van der Waals surface area contributed by atoms with Crippen molar-refractivity contribution in [1.29, 1.82) is 0 Å². The number of hydrogen-bond donors (Lipinski definition) is 0. The Morgan fingerprint density at radius 3 is 2.04 bits per heavy atom. The zero-order chi connectivity index (χ0) is 18.3. The number of benzene rings is 1. The number of aryl methyl sites for hydroxylation is 2. The summed E-state index contributed by atoms with van der Waals surface area (Å²) >= 11 is 0. The van der Waals surface area contributed by atoms with Crippen molar-refractivity contribution in [2.45, 2.75) is 29.9 Å². The first kappa shape index (κ1) is 19.8. The lowest BCUT2D eigenvalue weighted by molar-refractivity contribution is -0.172.